The lowest BCUT2D eigenvalue weighted by atomic mass is 9.91. The summed E-state index contributed by atoms with van der Waals surface area (Å²) in [6, 6.07) is 0. The SMILES string of the molecule is Cc1[nH]ncc1-c1nccnc1C1CCN(S(C)(=O)=O)CC1. The molecule has 0 aliphatic carbocycles. The molecule has 1 aliphatic heterocycles. The Morgan fingerprint density at radius 2 is 1.91 bits per heavy atom. The molecule has 0 atom stereocenters. The number of aromatic nitrogens is 4. The van der Waals surface area contributed by atoms with Crippen molar-refractivity contribution in [1.82, 2.24) is 24.5 Å². The highest BCUT2D eigenvalue weighted by Crippen LogP contribution is 2.33. The lowest BCUT2D eigenvalue weighted by molar-refractivity contribution is 0.318. The Hall–Kier alpha value is -1.80. The molecule has 0 radical (unpaired) electrons. The highest BCUT2D eigenvalue weighted by molar-refractivity contribution is 7.88. The molecule has 0 bridgehead atoms. The number of hydrogen-bond acceptors (Lipinski definition) is 5. The average molecular weight is 321 g/mol. The molecule has 2 aromatic rings. The highest BCUT2D eigenvalue weighted by atomic mass is 32.2. The molecular formula is C14H19N5O2S. The molecule has 3 heterocycles. The van der Waals surface area contributed by atoms with Gasteiger partial charge >= 0.3 is 0 Å². The van der Waals surface area contributed by atoms with E-state index in [1.54, 1.807) is 18.6 Å². The summed E-state index contributed by atoms with van der Waals surface area (Å²) in [5.74, 6) is 0.219. The number of aryl methyl sites for hydroxylation is 1. The summed E-state index contributed by atoms with van der Waals surface area (Å²) in [6.07, 6.45) is 7.91. The van der Waals surface area contributed by atoms with E-state index in [1.165, 1.54) is 10.6 Å². The molecule has 0 saturated carbocycles. The molecule has 1 fully saturated rings. The van der Waals surface area contributed by atoms with Crippen LogP contribution in [0.15, 0.2) is 18.6 Å². The molecule has 1 N–H and O–H groups in total. The molecule has 8 heteroatoms. The van der Waals surface area contributed by atoms with Crippen molar-refractivity contribution in [1.29, 1.82) is 0 Å². The predicted molar refractivity (Wildman–Crippen MR) is 82.7 cm³/mol. The number of H-pyrrole nitrogens is 1. The quantitative estimate of drug-likeness (QED) is 0.920. The first-order valence-corrected chi connectivity index (χ1v) is 9.08. The van der Waals surface area contributed by atoms with Gasteiger partial charge in [0.1, 0.15) is 0 Å². The summed E-state index contributed by atoms with van der Waals surface area (Å²) in [4.78, 5) is 8.99. The predicted octanol–water partition coefficient (Wildman–Crippen LogP) is 1.31. The van der Waals surface area contributed by atoms with Crippen molar-refractivity contribution < 1.29 is 8.42 Å². The molecule has 2 aromatic heterocycles. The Morgan fingerprint density at radius 3 is 2.50 bits per heavy atom. The summed E-state index contributed by atoms with van der Waals surface area (Å²) in [5.41, 5.74) is 3.68. The van der Waals surface area contributed by atoms with Crippen LogP contribution in [-0.4, -0.2) is 52.2 Å². The lowest BCUT2D eigenvalue weighted by Gasteiger charge is -2.30. The molecule has 1 saturated heterocycles. The largest absolute Gasteiger partial charge is 0.282 e. The molecule has 0 amide bonds. The van der Waals surface area contributed by atoms with E-state index in [0.29, 0.717) is 13.1 Å². The number of nitrogens with one attached hydrogen (secondary N) is 1. The highest BCUT2D eigenvalue weighted by Gasteiger charge is 2.28. The summed E-state index contributed by atoms with van der Waals surface area (Å²) in [7, 11) is -3.11. The topological polar surface area (TPSA) is 91.8 Å². The number of hydrogen-bond donors (Lipinski definition) is 1. The minimum absolute atomic E-state index is 0.219. The lowest BCUT2D eigenvalue weighted by Crippen LogP contribution is -2.37. The van der Waals surface area contributed by atoms with Crippen molar-refractivity contribution in [3.05, 3.63) is 30.0 Å². The summed E-state index contributed by atoms with van der Waals surface area (Å²) < 4.78 is 24.8. The van der Waals surface area contributed by atoms with E-state index < -0.39 is 10.0 Å². The van der Waals surface area contributed by atoms with E-state index in [9.17, 15) is 8.42 Å². The van der Waals surface area contributed by atoms with Gasteiger partial charge in [0.05, 0.1) is 23.8 Å². The summed E-state index contributed by atoms with van der Waals surface area (Å²) >= 11 is 0. The smallest absolute Gasteiger partial charge is 0.211 e. The molecular weight excluding hydrogens is 302 g/mol. The maximum absolute atomic E-state index is 11.6. The van der Waals surface area contributed by atoms with Gasteiger partial charge in [-0.05, 0) is 19.8 Å². The first kappa shape index (κ1) is 15.1. The van der Waals surface area contributed by atoms with Crippen LogP contribution in [0.4, 0.5) is 0 Å². The first-order chi connectivity index (χ1) is 10.5. The van der Waals surface area contributed by atoms with Crippen LogP contribution in [0.3, 0.4) is 0 Å². The van der Waals surface area contributed by atoms with Gasteiger partial charge in [-0.1, -0.05) is 0 Å². The minimum Gasteiger partial charge on any atom is -0.282 e. The third kappa shape index (κ3) is 2.89. The second-order valence-corrected chi connectivity index (χ2v) is 7.62. The van der Waals surface area contributed by atoms with Crippen molar-refractivity contribution in [3.8, 4) is 11.3 Å². The summed E-state index contributed by atoms with van der Waals surface area (Å²) in [6.45, 7) is 3.01. The van der Waals surface area contributed by atoms with E-state index in [4.69, 9.17) is 0 Å². The van der Waals surface area contributed by atoms with E-state index in [1.807, 2.05) is 6.92 Å². The fraction of sp³-hybridized carbons (Fsp3) is 0.500. The average Bonchev–Trinajstić information content (AvgIpc) is 2.92. The Morgan fingerprint density at radius 1 is 1.23 bits per heavy atom. The van der Waals surface area contributed by atoms with Crippen molar-refractivity contribution in [2.75, 3.05) is 19.3 Å². The van der Waals surface area contributed by atoms with Gasteiger partial charge in [0.25, 0.3) is 0 Å². The van der Waals surface area contributed by atoms with Gasteiger partial charge in [-0.25, -0.2) is 12.7 Å². The Bertz CT molecular complexity index is 763. The Kier molecular flexibility index (Phi) is 3.96. The van der Waals surface area contributed by atoms with Crippen LogP contribution in [0.25, 0.3) is 11.3 Å². The van der Waals surface area contributed by atoms with Crippen LogP contribution >= 0.6 is 0 Å². The van der Waals surface area contributed by atoms with Crippen LogP contribution in [0.1, 0.15) is 30.1 Å². The van der Waals surface area contributed by atoms with E-state index in [-0.39, 0.29) is 5.92 Å². The molecule has 0 spiro atoms. The molecule has 0 aromatic carbocycles. The molecule has 22 heavy (non-hydrogen) atoms. The third-order valence-electron chi connectivity index (χ3n) is 4.12. The van der Waals surface area contributed by atoms with Gasteiger partial charge in [-0.3, -0.25) is 15.1 Å². The number of piperidine rings is 1. The first-order valence-electron chi connectivity index (χ1n) is 7.23. The second kappa shape index (κ2) is 5.77. The molecule has 7 nitrogen and oxygen atoms in total. The Labute approximate surface area is 129 Å². The van der Waals surface area contributed by atoms with Crippen molar-refractivity contribution >= 4 is 10.0 Å². The van der Waals surface area contributed by atoms with Crippen molar-refractivity contribution in [3.63, 3.8) is 0 Å². The fourth-order valence-electron chi connectivity index (χ4n) is 2.91. The standard InChI is InChI=1S/C14H19N5O2S/c1-10-12(9-17-18-10)14-13(15-5-6-16-14)11-3-7-19(8-4-11)22(2,20)21/h5-6,9,11H,3-4,7-8H2,1-2H3,(H,17,18). The number of nitrogens with zero attached hydrogens (tertiary/aromatic N) is 4. The minimum atomic E-state index is -3.11. The van der Waals surface area contributed by atoms with Crippen LogP contribution in [0.5, 0.6) is 0 Å². The van der Waals surface area contributed by atoms with Gasteiger partial charge in [0.2, 0.25) is 10.0 Å². The zero-order valence-electron chi connectivity index (χ0n) is 12.7. The molecule has 3 rings (SSSR count). The second-order valence-electron chi connectivity index (χ2n) is 5.64. The maximum Gasteiger partial charge on any atom is 0.211 e. The fourth-order valence-corrected chi connectivity index (χ4v) is 3.78. The molecule has 118 valence electrons. The van der Waals surface area contributed by atoms with E-state index in [2.05, 4.69) is 20.2 Å². The van der Waals surface area contributed by atoms with Crippen LogP contribution in [0, 0.1) is 6.92 Å². The van der Waals surface area contributed by atoms with Crippen LogP contribution in [0.2, 0.25) is 0 Å². The van der Waals surface area contributed by atoms with Crippen molar-refractivity contribution in [2.45, 2.75) is 25.7 Å². The van der Waals surface area contributed by atoms with E-state index in [0.717, 1.165) is 35.5 Å². The van der Waals surface area contributed by atoms with Gasteiger partial charge in [0, 0.05) is 42.7 Å². The van der Waals surface area contributed by atoms with Gasteiger partial charge < -0.3 is 0 Å². The third-order valence-corrected chi connectivity index (χ3v) is 5.42. The normalized spacial score (nSPS) is 17.7. The zero-order valence-corrected chi connectivity index (χ0v) is 13.5. The monoisotopic (exact) mass is 321 g/mol. The number of rotatable bonds is 3. The Balaban J connectivity index is 1.87. The zero-order chi connectivity index (χ0) is 15.7. The van der Waals surface area contributed by atoms with Crippen LogP contribution in [-0.2, 0) is 10.0 Å². The van der Waals surface area contributed by atoms with Crippen molar-refractivity contribution in [2.24, 2.45) is 0 Å². The number of aromatic amines is 1. The van der Waals surface area contributed by atoms with E-state index >= 15 is 0 Å². The molecule has 1 aliphatic rings. The van der Waals surface area contributed by atoms with Gasteiger partial charge in [-0.15, -0.1) is 0 Å². The maximum atomic E-state index is 11.6. The van der Waals surface area contributed by atoms with Gasteiger partial charge in [0.15, 0.2) is 0 Å². The number of sulfonamides is 1. The molecule has 0 unspecified atom stereocenters. The van der Waals surface area contributed by atoms with Gasteiger partial charge in [-0.2, -0.15) is 5.10 Å². The summed E-state index contributed by atoms with van der Waals surface area (Å²) in [5, 5.41) is 6.97. The van der Waals surface area contributed by atoms with Crippen LogP contribution < -0.4 is 0 Å².